The van der Waals surface area contributed by atoms with Gasteiger partial charge in [-0.25, -0.2) is 0 Å². The molecule has 1 aromatic heterocycles. The van der Waals surface area contributed by atoms with Gasteiger partial charge in [-0.2, -0.15) is 5.10 Å². The second kappa shape index (κ2) is 6.02. The summed E-state index contributed by atoms with van der Waals surface area (Å²) in [5.41, 5.74) is 5.00. The molecule has 0 bridgehead atoms. The van der Waals surface area contributed by atoms with Crippen molar-refractivity contribution in [1.29, 1.82) is 0 Å². The predicted molar refractivity (Wildman–Crippen MR) is 79.2 cm³/mol. The largest absolute Gasteiger partial charge is 0.310 e. The van der Waals surface area contributed by atoms with E-state index in [4.69, 9.17) is 0 Å². The normalized spacial score (nSPS) is 12.6. The van der Waals surface area contributed by atoms with E-state index in [0.29, 0.717) is 6.04 Å². The third-order valence-corrected chi connectivity index (χ3v) is 3.41. The fraction of sp³-hybridized carbons (Fsp3) is 0.438. The summed E-state index contributed by atoms with van der Waals surface area (Å²) >= 11 is 0. The number of aryl methyl sites for hydroxylation is 3. The van der Waals surface area contributed by atoms with Gasteiger partial charge in [-0.15, -0.1) is 0 Å². The number of hydrogen-bond acceptors (Lipinski definition) is 2. The smallest absolute Gasteiger partial charge is 0.0596 e. The highest BCUT2D eigenvalue weighted by atomic mass is 15.3. The van der Waals surface area contributed by atoms with Crippen LogP contribution >= 0.6 is 0 Å². The molecule has 0 aliphatic rings. The predicted octanol–water partition coefficient (Wildman–Crippen LogP) is 2.93. The van der Waals surface area contributed by atoms with Crippen LogP contribution in [0.1, 0.15) is 35.5 Å². The second-order valence-electron chi connectivity index (χ2n) is 5.13. The van der Waals surface area contributed by atoms with Crippen LogP contribution in [0, 0.1) is 13.8 Å². The van der Waals surface area contributed by atoms with Gasteiger partial charge in [-0.05, 0) is 32.0 Å². The molecule has 1 atom stereocenters. The van der Waals surface area contributed by atoms with Crippen LogP contribution in [0.15, 0.2) is 30.3 Å². The molecule has 0 spiro atoms. The first kappa shape index (κ1) is 13.8. The molecule has 3 nitrogen and oxygen atoms in total. The molecular formula is C16H23N3. The molecule has 102 valence electrons. The first-order chi connectivity index (χ1) is 9.10. The highest BCUT2D eigenvalue weighted by Crippen LogP contribution is 2.19. The fourth-order valence-corrected chi connectivity index (χ4v) is 2.51. The van der Waals surface area contributed by atoms with E-state index < -0.39 is 0 Å². The van der Waals surface area contributed by atoms with Crippen LogP contribution in [0.2, 0.25) is 0 Å². The average molecular weight is 257 g/mol. The Morgan fingerprint density at radius 2 is 2.05 bits per heavy atom. The van der Waals surface area contributed by atoms with Gasteiger partial charge in [0.05, 0.1) is 5.69 Å². The lowest BCUT2D eigenvalue weighted by atomic mass is 10.00. The van der Waals surface area contributed by atoms with Crippen molar-refractivity contribution < 1.29 is 0 Å². The Labute approximate surface area is 115 Å². The Balaban J connectivity index is 2.23. The van der Waals surface area contributed by atoms with Gasteiger partial charge in [0.25, 0.3) is 0 Å². The Morgan fingerprint density at radius 3 is 2.63 bits per heavy atom. The van der Waals surface area contributed by atoms with Gasteiger partial charge in [0.15, 0.2) is 0 Å². The van der Waals surface area contributed by atoms with E-state index in [-0.39, 0.29) is 0 Å². The van der Waals surface area contributed by atoms with Gasteiger partial charge in [-0.1, -0.05) is 36.8 Å². The molecule has 0 amide bonds. The van der Waals surface area contributed by atoms with Crippen LogP contribution in [-0.4, -0.2) is 16.3 Å². The van der Waals surface area contributed by atoms with Crippen LogP contribution in [0.25, 0.3) is 0 Å². The SMILES string of the molecule is CCNC(Cc1cc(C)nn1C)c1cccc(C)c1. The van der Waals surface area contributed by atoms with E-state index in [1.165, 1.54) is 16.8 Å². The van der Waals surface area contributed by atoms with E-state index in [9.17, 15) is 0 Å². The Kier molecular flexibility index (Phi) is 4.38. The summed E-state index contributed by atoms with van der Waals surface area (Å²) in [5.74, 6) is 0. The summed E-state index contributed by atoms with van der Waals surface area (Å²) in [6, 6.07) is 11.2. The topological polar surface area (TPSA) is 29.9 Å². The zero-order valence-electron chi connectivity index (χ0n) is 12.3. The van der Waals surface area contributed by atoms with E-state index in [1.54, 1.807) is 0 Å². The zero-order chi connectivity index (χ0) is 13.8. The second-order valence-corrected chi connectivity index (χ2v) is 5.13. The van der Waals surface area contributed by atoms with E-state index in [1.807, 2.05) is 18.7 Å². The summed E-state index contributed by atoms with van der Waals surface area (Å²) < 4.78 is 1.98. The monoisotopic (exact) mass is 257 g/mol. The molecule has 0 aliphatic heterocycles. The molecule has 0 fully saturated rings. The molecule has 1 heterocycles. The maximum Gasteiger partial charge on any atom is 0.0596 e. The molecule has 1 unspecified atom stereocenters. The summed E-state index contributed by atoms with van der Waals surface area (Å²) in [7, 11) is 2.02. The maximum atomic E-state index is 4.42. The summed E-state index contributed by atoms with van der Waals surface area (Å²) in [6.45, 7) is 7.30. The third kappa shape index (κ3) is 3.44. The lowest BCUT2D eigenvalue weighted by molar-refractivity contribution is 0.528. The first-order valence-electron chi connectivity index (χ1n) is 6.89. The van der Waals surface area contributed by atoms with Crippen molar-refractivity contribution in [2.24, 2.45) is 7.05 Å². The minimum Gasteiger partial charge on any atom is -0.310 e. The first-order valence-corrected chi connectivity index (χ1v) is 6.89. The summed E-state index contributed by atoms with van der Waals surface area (Å²) in [4.78, 5) is 0. The molecule has 1 N–H and O–H groups in total. The lowest BCUT2D eigenvalue weighted by Crippen LogP contribution is -2.24. The highest BCUT2D eigenvalue weighted by Gasteiger charge is 2.14. The zero-order valence-corrected chi connectivity index (χ0v) is 12.3. The van der Waals surface area contributed by atoms with Crippen molar-refractivity contribution in [3.63, 3.8) is 0 Å². The van der Waals surface area contributed by atoms with Crippen molar-refractivity contribution in [3.8, 4) is 0 Å². The van der Waals surface area contributed by atoms with E-state index >= 15 is 0 Å². The Hall–Kier alpha value is -1.61. The minimum absolute atomic E-state index is 0.347. The van der Waals surface area contributed by atoms with E-state index in [2.05, 4.69) is 54.6 Å². The number of aromatic nitrogens is 2. The molecule has 0 radical (unpaired) electrons. The third-order valence-electron chi connectivity index (χ3n) is 3.41. The molecule has 3 heteroatoms. The Bertz CT molecular complexity index is 543. The number of nitrogens with one attached hydrogen (secondary N) is 1. The molecule has 0 saturated carbocycles. The fourth-order valence-electron chi connectivity index (χ4n) is 2.51. The molecule has 0 saturated heterocycles. The number of nitrogens with zero attached hydrogens (tertiary/aromatic N) is 2. The van der Waals surface area contributed by atoms with Crippen LogP contribution in [0.3, 0.4) is 0 Å². The number of hydrogen-bond donors (Lipinski definition) is 1. The van der Waals surface area contributed by atoms with Crippen LogP contribution < -0.4 is 5.32 Å². The van der Waals surface area contributed by atoms with Crippen LogP contribution in [0.4, 0.5) is 0 Å². The van der Waals surface area contributed by atoms with Crippen LogP contribution in [-0.2, 0) is 13.5 Å². The van der Waals surface area contributed by atoms with Gasteiger partial charge < -0.3 is 5.32 Å². The standard InChI is InChI=1S/C16H23N3/c1-5-17-16(14-8-6-7-12(2)9-14)11-15-10-13(3)18-19(15)4/h6-10,16-17H,5,11H2,1-4H3. The van der Waals surface area contributed by atoms with Crippen molar-refractivity contribution in [3.05, 3.63) is 52.8 Å². The molecule has 1 aromatic carbocycles. The molecule has 2 aromatic rings. The Morgan fingerprint density at radius 1 is 1.26 bits per heavy atom. The van der Waals surface area contributed by atoms with Crippen molar-refractivity contribution in [1.82, 2.24) is 15.1 Å². The quantitative estimate of drug-likeness (QED) is 0.892. The lowest BCUT2D eigenvalue weighted by Gasteiger charge is -2.19. The van der Waals surface area contributed by atoms with Gasteiger partial charge in [0.2, 0.25) is 0 Å². The number of benzene rings is 1. The van der Waals surface area contributed by atoms with Gasteiger partial charge in [0.1, 0.15) is 0 Å². The molecule has 19 heavy (non-hydrogen) atoms. The van der Waals surface area contributed by atoms with Crippen molar-refractivity contribution in [2.45, 2.75) is 33.2 Å². The van der Waals surface area contributed by atoms with Crippen molar-refractivity contribution in [2.75, 3.05) is 6.54 Å². The number of rotatable bonds is 5. The van der Waals surface area contributed by atoms with Gasteiger partial charge >= 0.3 is 0 Å². The van der Waals surface area contributed by atoms with E-state index in [0.717, 1.165) is 18.7 Å². The molecular weight excluding hydrogens is 234 g/mol. The maximum absolute atomic E-state index is 4.42. The summed E-state index contributed by atoms with van der Waals surface area (Å²) in [6.07, 6.45) is 0.967. The molecule has 0 aliphatic carbocycles. The molecule has 2 rings (SSSR count). The van der Waals surface area contributed by atoms with Gasteiger partial charge in [0, 0.05) is 25.2 Å². The highest BCUT2D eigenvalue weighted by molar-refractivity contribution is 5.26. The summed E-state index contributed by atoms with van der Waals surface area (Å²) in [5, 5.41) is 7.99. The number of likely N-dealkylation sites (N-methyl/N-ethyl adjacent to an activating group) is 1. The minimum atomic E-state index is 0.347. The average Bonchev–Trinajstić information content (AvgIpc) is 2.67. The van der Waals surface area contributed by atoms with Crippen molar-refractivity contribution >= 4 is 0 Å². The van der Waals surface area contributed by atoms with Gasteiger partial charge in [-0.3, -0.25) is 4.68 Å². The van der Waals surface area contributed by atoms with Crippen LogP contribution in [0.5, 0.6) is 0 Å².